The molecule has 3 aliphatic rings. The van der Waals surface area contributed by atoms with Crippen molar-refractivity contribution in [2.75, 3.05) is 0 Å². The molecule has 1 saturated heterocycles. The summed E-state index contributed by atoms with van der Waals surface area (Å²) in [5.41, 5.74) is 0.0127. The highest BCUT2D eigenvalue weighted by molar-refractivity contribution is 5.93. The van der Waals surface area contributed by atoms with Gasteiger partial charge in [-0.05, 0) is 24.3 Å². The van der Waals surface area contributed by atoms with Crippen LogP contribution in [0.15, 0.2) is 12.2 Å². The van der Waals surface area contributed by atoms with Crippen LogP contribution in [0.2, 0.25) is 0 Å². The number of hydrogen-bond acceptors (Lipinski definition) is 3. The van der Waals surface area contributed by atoms with Crippen molar-refractivity contribution >= 4 is 11.8 Å². The fourth-order valence-corrected chi connectivity index (χ4v) is 4.21. The number of rotatable bonds is 0. The highest BCUT2D eigenvalue weighted by Gasteiger charge is 2.57. The Kier molecular flexibility index (Phi) is 2.45. The second-order valence-electron chi connectivity index (χ2n) is 6.45. The molecule has 3 heteroatoms. The van der Waals surface area contributed by atoms with Gasteiger partial charge < -0.3 is 4.74 Å². The van der Waals surface area contributed by atoms with Crippen molar-refractivity contribution in [3.8, 4) is 0 Å². The quantitative estimate of drug-likeness (QED) is 0.618. The Morgan fingerprint density at radius 2 is 2.00 bits per heavy atom. The van der Waals surface area contributed by atoms with Crippen LogP contribution in [0.1, 0.15) is 33.6 Å². The zero-order chi connectivity index (χ0) is 13.1. The summed E-state index contributed by atoms with van der Waals surface area (Å²) in [5.74, 6) is 0.510. The van der Waals surface area contributed by atoms with Crippen molar-refractivity contribution in [1.82, 2.24) is 0 Å². The largest absolute Gasteiger partial charge is 0.461 e. The highest BCUT2D eigenvalue weighted by Crippen LogP contribution is 2.54. The van der Waals surface area contributed by atoms with Crippen LogP contribution in [0.25, 0.3) is 0 Å². The molecule has 1 heterocycles. The minimum Gasteiger partial charge on any atom is -0.461 e. The Morgan fingerprint density at radius 1 is 1.28 bits per heavy atom. The fraction of sp³-hybridized carbons (Fsp3) is 0.733. The second-order valence-corrected chi connectivity index (χ2v) is 6.45. The number of carbonyl (C=O) groups excluding carboxylic acids is 2. The third-order valence-corrected chi connectivity index (χ3v) is 5.44. The van der Waals surface area contributed by atoms with Crippen molar-refractivity contribution in [3.63, 3.8) is 0 Å². The predicted molar refractivity (Wildman–Crippen MR) is 66.7 cm³/mol. The van der Waals surface area contributed by atoms with E-state index in [-0.39, 0.29) is 41.0 Å². The Morgan fingerprint density at radius 3 is 2.72 bits per heavy atom. The maximum absolute atomic E-state index is 11.9. The molecular weight excluding hydrogens is 228 g/mol. The topological polar surface area (TPSA) is 43.4 Å². The van der Waals surface area contributed by atoms with Gasteiger partial charge in [0.15, 0.2) is 5.78 Å². The maximum Gasteiger partial charge on any atom is 0.309 e. The summed E-state index contributed by atoms with van der Waals surface area (Å²) in [4.78, 5) is 23.7. The van der Waals surface area contributed by atoms with Gasteiger partial charge in [-0.1, -0.05) is 26.8 Å². The molecule has 0 spiro atoms. The summed E-state index contributed by atoms with van der Waals surface area (Å²) in [7, 11) is 0. The van der Waals surface area contributed by atoms with Gasteiger partial charge in [-0.3, -0.25) is 9.59 Å². The van der Waals surface area contributed by atoms with E-state index in [9.17, 15) is 9.59 Å². The number of ether oxygens (including phenoxy) is 1. The van der Waals surface area contributed by atoms with Crippen LogP contribution in [0.4, 0.5) is 0 Å². The van der Waals surface area contributed by atoms with Gasteiger partial charge in [-0.15, -0.1) is 0 Å². The van der Waals surface area contributed by atoms with Crippen LogP contribution < -0.4 is 0 Å². The molecule has 3 nitrogen and oxygen atoms in total. The lowest BCUT2D eigenvalue weighted by molar-refractivity contribution is -0.151. The Hall–Kier alpha value is -1.12. The molecule has 0 aromatic rings. The summed E-state index contributed by atoms with van der Waals surface area (Å²) in [5, 5.41) is 0. The van der Waals surface area contributed by atoms with Crippen molar-refractivity contribution in [1.29, 1.82) is 0 Å². The zero-order valence-corrected chi connectivity index (χ0v) is 11.2. The van der Waals surface area contributed by atoms with Gasteiger partial charge in [0.1, 0.15) is 6.10 Å². The molecule has 0 unspecified atom stereocenters. The first-order chi connectivity index (χ1) is 8.44. The van der Waals surface area contributed by atoms with Crippen LogP contribution in [-0.4, -0.2) is 17.9 Å². The number of fused-ring (bicyclic) bond motifs is 3. The number of hydrogen-bond donors (Lipinski definition) is 0. The molecule has 0 aromatic carbocycles. The molecule has 6 atom stereocenters. The van der Waals surface area contributed by atoms with Crippen molar-refractivity contribution in [3.05, 3.63) is 12.2 Å². The number of ketones is 1. The normalized spacial score (nSPS) is 50.7. The minimum absolute atomic E-state index is 0.00671. The Balaban J connectivity index is 2.00. The van der Waals surface area contributed by atoms with Gasteiger partial charge in [-0.2, -0.15) is 0 Å². The summed E-state index contributed by atoms with van der Waals surface area (Å²) in [6.07, 6.45) is 5.79. The molecule has 3 rings (SSSR count). The van der Waals surface area contributed by atoms with Gasteiger partial charge in [0.2, 0.25) is 0 Å². The molecular formula is C15H20O3. The fourth-order valence-electron chi connectivity index (χ4n) is 4.21. The minimum atomic E-state index is -0.0801. The van der Waals surface area contributed by atoms with Crippen molar-refractivity contribution in [2.24, 2.45) is 29.1 Å². The standard InChI is InChI=1S/C15H20O3/c1-8-10-4-6-15(3)7-5-11(16)9(2)12(15)13(10)18-14(8)17/h5,7-10,12-13H,4,6H2,1-3H3/t8-,9+,10+,12-,13-,15-/m1/s1. The molecule has 0 radical (unpaired) electrons. The smallest absolute Gasteiger partial charge is 0.309 e. The van der Waals surface area contributed by atoms with E-state index < -0.39 is 0 Å². The SMILES string of the molecule is C[C@H]1C(=O)O[C@@H]2[C@H]1CC[C@]1(C)C=CC(=O)[C@H](C)[C@H]21. The third kappa shape index (κ3) is 1.42. The molecule has 98 valence electrons. The third-order valence-electron chi connectivity index (χ3n) is 5.44. The Labute approximate surface area is 108 Å². The van der Waals surface area contributed by atoms with Crippen molar-refractivity contribution in [2.45, 2.75) is 39.7 Å². The van der Waals surface area contributed by atoms with Gasteiger partial charge in [0.25, 0.3) is 0 Å². The highest BCUT2D eigenvalue weighted by atomic mass is 16.6. The summed E-state index contributed by atoms with van der Waals surface area (Å²) >= 11 is 0. The number of allylic oxidation sites excluding steroid dienone is 2. The molecule has 0 N–H and O–H groups in total. The molecule has 0 bridgehead atoms. The average Bonchev–Trinajstić information content (AvgIpc) is 2.60. The van der Waals surface area contributed by atoms with E-state index >= 15 is 0 Å². The van der Waals surface area contributed by atoms with Crippen LogP contribution >= 0.6 is 0 Å². The first-order valence-corrected chi connectivity index (χ1v) is 6.87. The molecule has 18 heavy (non-hydrogen) atoms. The van der Waals surface area contributed by atoms with Crippen LogP contribution in [0, 0.1) is 29.1 Å². The monoisotopic (exact) mass is 248 g/mol. The van der Waals surface area contributed by atoms with Gasteiger partial charge >= 0.3 is 5.97 Å². The van der Waals surface area contributed by atoms with E-state index in [1.54, 1.807) is 6.08 Å². The van der Waals surface area contributed by atoms with Gasteiger partial charge in [0, 0.05) is 17.8 Å². The van der Waals surface area contributed by atoms with Crippen LogP contribution in [0.5, 0.6) is 0 Å². The molecule has 2 fully saturated rings. The lowest BCUT2D eigenvalue weighted by Crippen LogP contribution is -2.50. The van der Waals surface area contributed by atoms with E-state index in [0.717, 1.165) is 12.8 Å². The van der Waals surface area contributed by atoms with E-state index in [1.165, 1.54) is 0 Å². The first kappa shape index (κ1) is 11.9. The Bertz CT molecular complexity index is 439. The summed E-state index contributed by atoms with van der Waals surface area (Å²) in [6, 6.07) is 0. The molecule has 0 amide bonds. The molecule has 1 aliphatic heterocycles. The summed E-state index contributed by atoms with van der Waals surface area (Å²) in [6.45, 7) is 6.14. The van der Waals surface area contributed by atoms with Crippen LogP contribution in [-0.2, 0) is 14.3 Å². The van der Waals surface area contributed by atoms with Gasteiger partial charge in [0.05, 0.1) is 5.92 Å². The lowest BCUT2D eigenvalue weighted by atomic mass is 9.55. The summed E-state index contributed by atoms with van der Waals surface area (Å²) < 4.78 is 5.61. The predicted octanol–water partition coefficient (Wildman–Crippen LogP) is 2.36. The zero-order valence-electron chi connectivity index (χ0n) is 11.2. The number of carbonyl (C=O) groups is 2. The molecule has 2 aliphatic carbocycles. The lowest BCUT2D eigenvalue weighted by Gasteiger charge is -2.49. The van der Waals surface area contributed by atoms with Crippen LogP contribution in [0.3, 0.4) is 0 Å². The average molecular weight is 248 g/mol. The van der Waals surface area contributed by atoms with E-state index in [0.29, 0.717) is 5.92 Å². The molecule has 1 saturated carbocycles. The second kappa shape index (κ2) is 3.69. The molecule has 0 aromatic heterocycles. The van der Waals surface area contributed by atoms with E-state index in [1.807, 2.05) is 19.9 Å². The first-order valence-electron chi connectivity index (χ1n) is 6.87. The van der Waals surface area contributed by atoms with E-state index in [2.05, 4.69) is 6.92 Å². The van der Waals surface area contributed by atoms with Gasteiger partial charge in [-0.25, -0.2) is 0 Å². The maximum atomic E-state index is 11.9. The van der Waals surface area contributed by atoms with Crippen molar-refractivity contribution < 1.29 is 14.3 Å². The number of esters is 1. The van der Waals surface area contributed by atoms with E-state index in [4.69, 9.17) is 4.74 Å².